The normalized spacial score (nSPS) is 15.7. The molecule has 15 heavy (non-hydrogen) atoms. The van der Waals surface area contributed by atoms with Gasteiger partial charge in [-0.05, 0) is 12.0 Å². The lowest BCUT2D eigenvalue weighted by atomic mass is 9.99. The zero-order valence-corrected chi connectivity index (χ0v) is 9.94. The third kappa shape index (κ3) is 2.58. The summed E-state index contributed by atoms with van der Waals surface area (Å²) < 4.78 is 1.83. The Morgan fingerprint density at radius 3 is 2.47 bits per heavy atom. The summed E-state index contributed by atoms with van der Waals surface area (Å²) in [6.45, 7) is 6.47. The largest absolute Gasteiger partial charge is 0.391 e. The van der Waals surface area contributed by atoms with Gasteiger partial charge in [0.1, 0.15) is 0 Å². The maximum atomic E-state index is 9.69. The van der Waals surface area contributed by atoms with Crippen molar-refractivity contribution in [2.75, 3.05) is 6.54 Å². The zero-order chi connectivity index (χ0) is 11.6. The highest BCUT2D eigenvalue weighted by Gasteiger charge is 2.19. The first kappa shape index (κ1) is 12.2. The number of aliphatic hydroxyl groups is 1. The van der Waals surface area contributed by atoms with E-state index in [0.717, 1.165) is 11.4 Å². The van der Waals surface area contributed by atoms with Crippen molar-refractivity contribution in [1.29, 1.82) is 0 Å². The van der Waals surface area contributed by atoms with Crippen LogP contribution in [0.4, 0.5) is 0 Å². The standard InChI is InChI=1S/C11H21N3O/c1-7(2)9-5-10(14(4)13-9)8(3)11(15)6-12/h5,7-8,11,15H,6,12H2,1-4H3. The molecule has 2 unspecified atom stereocenters. The number of aryl methyl sites for hydroxylation is 1. The van der Waals surface area contributed by atoms with Crippen LogP contribution in [0.25, 0.3) is 0 Å². The van der Waals surface area contributed by atoms with Crippen LogP contribution in [0.15, 0.2) is 6.07 Å². The molecule has 0 aliphatic rings. The SMILES string of the molecule is CC(C)c1cc(C(C)C(O)CN)n(C)n1. The molecule has 0 aromatic carbocycles. The summed E-state index contributed by atoms with van der Waals surface area (Å²) in [5.41, 5.74) is 7.54. The fourth-order valence-electron chi connectivity index (χ4n) is 1.61. The number of aliphatic hydroxyl groups excluding tert-OH is 1. The molecule has 4 heteroatoms. The van der Waals surface area contributed by atoms with E-state index < -0.39 is 6.10 Å². The first-order valence-corrected chi connectivity index (χ1v) is 5.39. The van der Waals surface area contributed by atoms with Crippen molar-refractivity contribution in [3.63, 3.8) is 0 Å². The molecule has 4 nitrogen and oxygen atoms in total. The van der Waals surface area contributed by atoms with Crippen LogP contribution >= 0.6 is 0 Å². The Morgan fingerprint density at radius 2 is 2.07 bits per heavy atom. The molecule has 1 aromatic heterocycles. The lowest BCUT2D eigenvalue weighted by Gasteiger charge is -2.16. The smallest absolute Gasteiger partial charge is 0.0743 e. The predicted octanol–water partition coefficient (Wildman–Crippen LogP) is 0.967. The molecule has 0 saturated heterocycles. The van der Waals surface area contributed by atoms with E-state index in [-0.39, 0.29) is 12.5 Å². The molecular formula is C11H21N3O. The molecule has 0 spiro atoms. The molecule has 0 aliphatic carbocycles. The molecular weight excluding hydrogens is 190 g/mol. The molecule has 0 fully saturated rings. The zero-order valence-electron chi connectivity index (χ0n) is 9.94. The average Bonchev–Trinajstić information content (AvgIpc) is 2.58. The Kier molecular flexibility index (Phi) is 3.88. The van der Waals surface area contributed by atoms with E-state index in [9.17, 15) is 5.11 Å². The minimum absolute atomic E-state index is 0.0278. The summed E-state index contributed by atoms with van der Waals surface area (Å²) in [5, 5.41) is 14.1. The summed E-state index contributed by atoms with van der Waals surface area (Å²) in [4.78, 5) is 0. The van der Waals surface area contributed by atoms with Crippen molar-refractivity contribution in [3.8, 4) is 0 Å². The molecule has 1 aromatic rings. The van der Waals surface area contributed by atoms with E-state index in [1.807, 2.05) is 24.7 Å². The predicted molar refractivity (Wildman–Crippen MR) is 60.8 cm³/mol. The van der Waals surface area contributed by atoms with Gasteiger partial charge < -0.3 is 10.8 Å². The third-order valence-corrected chi connectivity index (χ3v) is 2.81. The highest BCUT2D eigenvalue weighted by atomic mass is 16.3. The molecule has 86 valence electrons. The second kappa shape index (κ2) is 4.77. The van der Waals surface area contributed by atoms with Gasteiger partial charge >= 0.3 is 0 Å². The first-order chi connectivity index (χ1) is 6.97. The Bertz CT molecular complexity index is 320. The van der Waals surface area contributed by atoms with Crippen LogP contribution < -0.4 is 5.73 Å². The van der Waals surface area contributed by atoms with Crippen molar-refractivity contribution in [2.45, 2.75) is 38.7 Å². The van der Waals surface area contributed by atoms with Gasteiger partial charge in [-0.2, -0.15) is 5.10 Å². The first-order valence-electron chi connectivity index (χ1n) is 5.39. The van der Waals surface area contributed by atoms with E-state index in [2.05, 4.69) is 18.9 Å². The average molecular weight is 211 g/mol. The summed E-state index contributed by atoms with van der Waals surface area (Å²) in [7, 11) is 1.90. The summed E-state index contributed by atoms with van der Waals surface area (Å²) in [6, 6.07) is 2.05. The van der Waals surface area contributed by atoms with Gasteiger partial charge in [-0.3, -0.25) is 4.68 Å². The van der Waals surface area contributed by atoms with Gasteiger partial charge in [0.05, 0.1) is 11.8 Å². The Morgan fingerprint density at radius 1 is 1.47 bits per heavy atom. The van der Waals surface area contributed by atoms with Gasteiger partial charge in [0.2, 0.25) is 0 Å². The summed E-state index contributed by atoms with van der Waals surface area (Å²) in [5.74, 6) is 0.437. The monoisotopic (exact) mass is 211 g/mol. The number of hydrogen-bond acceptors (Lipinski definition) is 3. The minimum Gasteiger partial charge on any atom is -0.391 e. The number of rotatable bonds is 4. The highest BCUT2D eigenvalue weighted by molar-refractivity contribution is 5.17. The quantitative estimate of drug-likeness (QED) is 0.780. The van der Waals surface area contributed by atoms with Gasteiger partial charge in [0, 0.05) is 25.2 Å². The van der Waals surface area contributed by atoms with Gasteiger partial charge in [-0.25, -0.2) is 0 Å². The lowest BCUT2D eigenvalue weighted by molar-refractivity contribution is 0.154. The fraction of sp³-hybridized carbons (Fsp3) is 0.727. The number of nitrogens with zero attached hydrogens (tertiary/aromatic N) is 2. The maximum absolute atomic E-state index is 9.69. The molecule has 3 N–H and O–H groups in total. The van der Waals surface area contributed by atoms with Gasteiger partial charge in [0.15, 0.2) is 0 Å². The van der Waals surface area contributed by atoms with Crippen molar-refractivity contribution in [1.82, 2.24) is 9.78 Å². The summed E-state index contributed by atoms with van der Waals surface area (Å²) in [6.07, 6.45) is -0.500. The number of hydrogen-bond donors (Lipinski definition) is 2. The van der Waals surface area contributed by atoms with Crippen LogP contribution in [0.5, 0.6) is 0 Å². The lowest BCUT2D eigenvalue weighted by Crippen LogP contribution is -2.26. The van der Waals surface area contributed by atoms with E-state index in [4.69, 9.17) is 5.73 Å². The van der Waals surface area contributed by atoms with E-state index in [0.29, 0.717) is 5.92 Å². The Labute approximate surface area is 91.1 Å². The van der Waals surface area contributed by atoms with Crippen LogP contribution in [0.1, 0.15) is 44.0 Å². The molecule has 2 atom stereocenters. The topological polar surface area (TPSA) is 64.1 Å². The van der Waals surface area contributed by atoms with Crippen LogP contribution in [-0.2, 0) is 7.05 Å². The Hall–Kier alpha value is -0.870. The van der Waals surface area contributed by atoms with Crippen molar-refractivity contribution >= 4 is 0 Å². The highest BCUT2D eigenvalue weighted by Crippen LogP contribution is 2.22. The van der Waals surface area contributed by atoms with Crippen molar-refractivity contribution in [3.05, 3.63) is 17.5 Å². The molecule has 0 saturated carbocycles. The number of aromatic nitrogens is 2. The van der Waals surface area contributed by atoms with Crippen LogP contribution in [-0.4, -0.2) is 27.5 Å². The third-order valence-electron chi connectivity index (χ3n) is 2.81. The van der Waals surface area contributed by atoms with Crippen LogP contribution in [0, 0.1) is 0 Å². The van der Waals surface area contributed by atoms with E-state index in [1.165, 1.54) is 0 Å². The minimum atomic E-state index is -0.500. The van der Waals surface area contributed by atoms with Crippen LogP contribution in [0.3, 0.4) is 0 Å². The van der Waals surface area contributed by atoms with Gasteiger partial charge in [-0.1, -0.05) is 20.8 Å². The van der Waals surface area contributed by atoms with Gasteiger partial charge in [0.25, 0.3) is 0 Å². The molecule has 1 heterocycles. The summed E-state index contributed by atoms with van der Waals surface area (Å²) >= 11 is 0. The van der Waals surface area contributed by atoms with Crippen molar-refractivity contribution in [2.24, 2.45) is 12.8 Å². The Balaban J connectivity index is 2.94. The van der Waals surface area contributed by atoms with Gasteiger partial charge in [-0.15, -0.1) is 0 Å². The second-order valence-corrected chi connectivity index (χ2v) is 4.36. The molecule has 0 amide bonds. The molecule has 0 radical (unpaired) electrons. The second-order valence-electron chi connectivity index (χ2n) is 4.36. The van der Waals surface area contributed by atoms with Crippen molar-refractivity contribution < 1.29 is 5.11 Å². The number of nitrogens with two attached hydrogens (primary N) is 1. The van der Waals surface area contributed by atoms with Crippen LogP contribution in [0.2, 0.25) is 0 Å². The van der Waals surface area contributed by atoms with E-state index in [1.54, 1.807) is 0 Å². The molecule has 0 aliphatic heterocycles. The maximum Gasteiger partial charge on any atom is 0.0743 e. The molecule has 0 bridgehead atoms. The van der Waals surface area contributed by atoms with E-state index >= 15 is 0 Å². The fourth-order valence-corrected chi connectivity index (χ4v) is 1.61. The molecule has 1 rings (SSSR count).